The maximum Gasteiger partial charge on any atom is 0.313 e. The molecular formula is C15H22N2O3. The topological polar surface area (TPSA) is 78.4 Å². The highest BCUT2D eigenvalue weighted by atomic mass is 16.3. The van der Waals surface area contributed by atoms with Crippen LogP contribution in [0.1, 0.15) is 32.8 Å². The Kier molecular flexibility index (Phi) is 5.70. The summed E-state index contributed by atoms with van der Waals surface area (Å²) in [4.78, 5) is 23.3. The number of hydrogen-bond donors (Lipinski definition) is 3. The zero-order valence-corrected chi connectivity index (χ0v) is 12.2. The van der Waals surface area contributed by atoms with Crippen LogP contribution >= 0.6 is 0 Å². The van der Waals surface area contributed by atoms with Gasteiger partial charge >= 0.3 is 11.8 Å². The van der Waals surface area contributed by atoms with Gasteiger partial charge in [-0.3, -0.25) is 9.59 Å². The minimum atomic E-state index is -1.00. The van der Waals surface area contributed by atoms with Gasteiger partial charge in [0, 0.05) is 12.2 Å². The maximum absolute atomic E-state index is 11.7. The monoisotopic (exact) mass is 278 g/mol. The molecule has 0 fully saturated rings. The molecule has 1 rings (SSSR count). The number of benzene rings is 1. The standard InChI is InChI=1S/C15H22N2O3/c1-4-11-6-8-12(9-7-11)17-14(19)13(18)16-10-15(3,20)5-2/h6-9,20H,4-5,10H2,1-3H3,(H,16,18)(H,17,19)/t15-/m1/s1. The van der Waals surface area contributed by atoms with Gasteiger partial charge in [0.2, 0.25) is 0 Å². The number of hydrogen-bond acceptors (Lipinski definition) is 3. The normalized spacial score (nSPS) is 13.4. The van der Waals surface area contributed by atoms with Crippen molar-refractivity contribution in [2.45, 2.75) is 39.2 Å². The molecule has 0 heterocycles. The van der Waals surface area contributed by atoms with Crippen LogP contribution < -0.4 is 10.6 Å². The van der Waals surface area contributed by atoms with Crippen molar-refractivity contribution in [3.05, 3.63) is 29.8 Å². The van der Waals surface area contributed by atoms with Crippen molar-refractivity contribution >= 4 is 17.5 Å². The third kappa shape index (κ3) is 5.01. The number of aryl methyl sites for hydroxylation is 1. The second kappa shape index (κ2) is 7.05. The van der Waals surface area contributed by atoms with Crippen LogP contribution in [0, 0.1) is 0 Å². The molecule has 1 aromatic carbocycles. The number of carbonyl (C=O) groups excluding carboxylic acids is 2. The van der Waals surface area contributed by atoms with Crippen LogP contribution in [0.5, 0.6) is 0 Å². The van der Waals surface area contributed by atoms with Gasteiger partial charge in [-0.1, -0.05) is 26.0 Å². The third-order valence-corrected chi connectivity index (χ3v) is 3.22. The molecule has 2 amide bonds. The van der Waals surface area contributed by atoms with Crippen LogP contribution in [0.2, 0.25) is 0 Å². The van der Waals surface area contributed by atoms with E-state index in [1.54, 1.807) is 19.1 Å². The highest BCUT2D eigenvalue weighted by Crippen LogP contribution is 2.10. The van der Waals surface area contributed by atoms with Gasteiger partial charge in [0.15, 0.2) is 0 Å². The average Bonchev–Trinajstić information content (AvgIpc) is 2.45. The minimum Gasteiger partial charge on any atom is -0.388 e. The van der Waals surface area contributed by atoms with Crippen LogP contribution in [-0.4, -0.2) is 29.1 Å². The van der Waals surface area contributed by atoms with Crippen molar-refractivity contribution in [3.63, 3.8) is 0 Å². The summed E-state index contributed by atoms with van der Waals surface area (Å²) in [6.45, 7) is 5.50. The first kappa shape index (κ1) is 16.2. The zero-order valence-electron chi connectivity index (χ0n) is 12.2. The van der Waals surface area contributed by atoms with E-state index in [9.17, 15) is 14.7 Å². The van der Waals surface area contributed by atoms with E-state index in [1.165, 1.54) is 0 Å². The first-order valence-electron chi connectivity index (χ1n) is 6.78. The molecule has 5 heteroatoms. The number of aliphatic hydroxyl groups is 1. The van der Waals surface area contributed by atoms with Crippen LogP contribution in [0.15, 0.2) is 24.3 Å². The molecule has 0 bridgehead atoms. The summed E-state index contributed by atoms with van der Waals surface area (Å²) >= 11 is 0. The predicted molar refractivity (Wildman–Crippen MR) is 78.4 cm³/mol. The van der Waals surface area contributed by atoms with Gasteiger partial charge in [-0.15, -0.1) is 0 Å². The summed E-state index contributed by atoms with van der Waals surface area (Å²) in [5.74, 6) is -1.49. The fourth-order valence-corrected chi connectivity index (χ4v) is 1.49. The van der Waals surface area contributed by atoms with Crippen LogP contribution in [0.4, 0.5) is 5.69 Å². The van der Waals surface area contributed by atoms with Crippen molar-refractivity contribution in [2.24, 2.45) is 0 Å². The summed E-state index contributed by atoms with van der Waals surface area (Å²) in [6.07, 6.45) is 1.41. The molecule has 0 radical (unpaired) electrons. The van der Waals surface area contributed by atoms with Crippen LogP contribution in [0.25, 0.3) is 0 Å². The molecule has 5 nitrogen and oxygen atoms in total. The second-order valence-electron chi connectivity index (χ2n) is 5.04. The minimum absolute atomic E-state index is 0.0462. The Balaban J connectivity index is 2.51. The number of carbonyl (C=O) groups is 2. The fourth-order valence-electron chi connectivity index (χ4n) is 1.49. The van der Waals surface area contributed by atoms with Gasteiger partial charge in [-0.2, -0.15) is 0 Å². The molecule has 1 aromatic rings. The Bertz CT molecular complexity index is 467. The maximum atomic E-state index is 11.7. The molecule has 3 N–H and O–H groups in total. The Morgan fingerprint density at radius 1 is 1.15 bits per heavy atom. The lowest BCUT2D eigenvalue weighted by Gasteiger charge is -2.21. The summed E-state index contributed by atoms with van der Waals surface area (Å²) in [5.41, 5.74) is 0.731. The molecule has 0 aromatic heterocycles. The Morgan fingerprint density at radius 3 is 2.25 bits per heavy atom. The molecule has 0 spiro atoms. The predicted octanol–water partition coefficient (Wildman–Crippen LogP) is 1.46. The molecular weight excluding hydrogens is 256 g/mol. The van der Waals surface area contributed by atoms with E-state index < -0.39 is 17.4 Å². The summed E-state index contributed by atoms with van der Waals surface area (Å²) < 4.78 is 0. The lowest BCUT2D eigenvalue weighted by molar-refractivity contribution is -0.136. The molecule has 20 heavy (non-hydrogen) atoms. The molecule has 0 saturated heterocycles. The molecule has 110 valence electrons. The first-order chi connectivity index (χ1) is 9.38. The smallest absolute Gasteiger partial charge is 0.313 e. The molecule has 0 aliphatic heterocycles. The highest BCUT2D eigenvalue weighted by Gasteiger charge is 2.21. The van der Waals surface area contributed by atoms with Crippen LogP contribution in [-0.2, 0) is 16.0 Å². The first-order valence-corrected chi connectivity index (χ1v) is 6.78. The lowest BCUT2D eigenvalue weighted by atomic mass is 10.0. The van der Waals surface area contributed by atoms with E-state index in [-0.39, 0.29) is 6.54 Å². The summed E-state index contributed by atoms with van der Waals surface area (Å²) in [7, 11) is 0. The number of amides is 2. The quantitative estimate of drug-likeness (QED) is 0.714. The van der Waals surface area contributed by atoms with E-state index in [0.29, 0.717) is 12.1 Å². The van der Waals surface area contributed by atoms with Crippen LogP contribution in [0.3, 0.4) is 0 Å². The highest BCUT2D eigenvalue weighted by molar-refractivity contribution is 6.39. The third-order valence-electron chi connectivity index (χ3n) is 3.22. The van der Waals surface area contributed by atoms with Gasteiger partial charge in [0.1, 0.15) is 0 Å². The Morgan fingerprint density at radius 2 is 1.75 bits per heavy atom. The van der Waals surface area contributed by atoms with E-state index in [2.05, 4.69) is 10.6 Å². The average molecular weight is 278 g/mol. The summed E-state index contributed by atoms with van der Waals surface area (Å²) in [5, 5.41) is 14.7. The fraction of sp³-hybridized carbons (Fsp3) is 0.467. The molecule has 1 atom stereocenters. The van der Waals surface area contributed by atoms with Crippen molar-refractivity contribution in [3.8, 4) is 0 Å². The lowest BCUT2D eigenvalue weighted by Crippen LogP contribution is -2.44. The molecule has 0 saturated carbocycles. The van der Waals surface area contributed by atoms with E-state index >= 15 is 0 Å². The van der Waals surface area contributed by atoms with E-state index in [1.807, 2.05) is 26.0 Å². The zero-order chi connectivity index (χ0) is 15.2. The SMILES string of the molecule is CCc1ccc(NC(=O)C(=O)NC[C@](C)(O)CC)cc1. The van der Waals surface area contributed by atoms with Gasteiger partial charge in [-0.05, 0) is 37.5 Å². The van der Waals surface area contributed by atoms with Gasteiger partial charge in [0.05, 0.1) is 5.60 Å². The molecule has 0 aliphatic rings. The van der Waals surface area contributed by atoms with Gasteiger partial charge in [-0.25, -0.2) is 0 Å². The van der Waals surface area contributed by atoms with Crippen molar-refractivity contribution in [1.29, 1.82) is 0 Å². The Labute approximate surface area is 119 Å². The van der Waals surface area contributed by atoms with E-state index in [0.717, 1.165) is 12.0 Å². The van der Waals surface area contributed by atoms with Gasteiger partial charge < -0.3 is 15.7 Å². The van der Waals surface area contributed by atoms with E-state index in [4.69, 9.17) is 0 Å². The van der Waals surface area contributed by atoms with Crippen molar-refractivity contribution < 1.29 is 14.7 Å². The number of nitrogens with one attached hydrogen (secondary N) is 2. The molecule has 0 aliphatic carbocycles. The molecule has 0 unspecified atom stereocenters. The van der Waals surface area contributed by atoms with Crippen molar-refractivity contribution in [2.75, 3.05) is 11.9 Å². The number of rotatable bonds is 5. The van der Waals surface area contributed by atoms with Gasteiger partial charge in [0.25, 0.3) is 0 Å². The number of anilines is 1. The Hall–Kier alpha value is -1.88. The largest absolute Gasteiger partial charge is 0.388 e. The summed E-state index contributed by atoms with van der Waals surface area (Å²) in [6, 6.07) is 7.31. The van der Waals surface area contributed by atoms with Crippen molar-refractivity contribution in [1.82, 2.24) is 5.32 Å². The second-order valence-corrected chi connectivity index (χ2v) is 5.04.